The van der Waals surface area contributed by atoms with Crippen molar-refractivity contribution in [3.05, 3.63) is 11.6 Å². The number of piperazine rings is 1. The second-order valence-corrected chi connectivity index (χ2v) is 6.36. The van der Waals surface area contributed by atoms with E-state index in [4.69, 9.17) is 5.73 Å². The summed E-state index contributed by atoms with van der Waals surface area (Å²) in [7, 11) is 0. The molecule has 102 valence electrons. The van der Waals surface area contributed by atoms with Crippen LogP contribution in [-0.4, -0.2) is 48.6 Å². The van der Waals surface area contributed by atoms with Crippen LogP contribution in [0.1, 0.15) is 20.3 Å². The van der Waals surface area contributed by atoms with Gasteiger partial charge < -0.3 is 10.6 Å². The van der Waals surface area contributed by atoms with Gasteiger partial charge in [-0.15, -0.1) is 11.3 Å². The predicted octanol–water partition coefficient (Wildman–Crippen LogP) is 1.64. The van der Waals surface area contributed by atoms with E-state index >= 15 is 0 Å². The molecule has 0 aromatic carbocycles. The number of nitrogens with zero attached hydrogens (tertiary/aromatic N) is 3. The SMILES string of the molecule is CC(C)CC(N)CN1CCN(c2nccs2)CC1. The first-order chi connectivity index (χ1) is 8.65. The van der Waals surface area contributed by atoms with E-state index in [0.717, 1.165) is 44.3 Å². The van der Waals surface area contributed by atoms with E-state index < -0.39 is 0 Å². The van der Waals surface area contributed by atoms with Crippen LogP contribution in [0.3, 0.4) is 0 Å². The molecule has 0 spiro atoms. The number of thiazole rings is 1. The molecule has 1 aromatic heterocycles. The van der Waals surface area contributed by atoms with Gasteiger partial charge in [0.05, 0.1) is 0 Å². The van der Waals surface area contributed by atoms with Gasteiger partial charge in [-0.05, 0) is 12.3 Å². The van der Waals surface area contributed by atoms with E-state index in [9.17, 15) is 0 Å². The van der Waals surface area contributed by atoms with Crippen LogP contribution in [0.5, 0.6) is 0 Å². The molecule has 2 heterocycles. The van der Waals surface area contributed by atoms with Crippen molar-refractivity contribution < 1.29 is 0 Å². The summed E-state index contributed by atoms with van der Waals surface area (Å²) in [6.07, 6.45) is 3.00. The van der Waals surface area contributed by atoms with Crippen molar-refractivity contribution in [1.29, 1.82) is 0 Å². The summed E-state index contributed by atoms with van der Waals surface area (Å²) in [5.74, 6) is 0.691. The molecule has 0 aliphatic carbocycles. The van der Waals surface area contributed by atoms with Crippen molar-refractivity contribution in [2.24, 2.45) is 11.7 Å². The zero-order valence-electron chi connectivity index (χ0n) is 11.4. The monoisotopic (exact) mass is 268 g/mol. The van der Waals surface area contributed by atoms with Crippen LogP contribution in [-0.2, 0) is 0 Å². The first-order valence-electron chi connectivity index (χ1n) is 6.77. The van der Waals surface area contributed by atoms with Crippen molar-refractivity contribution >= 4 is 16.5 Å². The minimum atomic E-state index is 0.316. The van der Waals surface area contributed by atoms with E-state index in [0.29, 0.717) is 12.0 Å². The molecule has 1 atom stereocenters. The Balaban J connectivity index is 1.73. The van der Waals surface area contributed by atoms with Gasteiger partial charge in [-0.1, -0.05) is 13.8 Å². The smallest absolute Gasteiger partial charge is 0.185 e. The van der Waals surface area contributed by atoms with Crippen LogP contribution >= 0.6 is 11.3 Å². The molecule has 1 saturated heterocycles. The molecule has 18 heavy (non-hydrogen) atoms. The molecule has 1 aliphatic heterocycles. The van der Waals surface area contributed by atoms with Gasteiger partial charge in [0.2, 0.25) is 0 Å². The maximum absolute atomic E-state index is 6.17. The standard InChI is InChI=1S/C13H24N4S/c1-11(2)9-12(14)10-16-4-6-17(7-5-16)13-15-3-8-18-13/h3,8,11-12H,4-7,9-10,14H2,1-2H3. The van der Waals surface area contributed by atoms with Gasteiger partial charge in [0.25, 0.3) is 0 Å². The molecule has 2 N–H and O–H groups in total. The average molecular weight is 268 g/mol. The molecule has 0 amide bonds. The van der Waals surface area contributed by atoms with Gasteiger partial charge in [0, 0.05) is 50.3 Å². The lowest BCUT2D eigenvalue weighted by Crippen LogP contribution is -2.50. The Kier molecular flexibility index (Phi) is 4.97. The molecule has 0 radical (unpaired) electrons. The van der Waals surface area contributed by atoms with Crippen molar-refractivity contribution in [3.8, 4) is 0 Å². The lowest BCUT2D eigenvalue weighted by atomic mass is 10.0. The Hall–Kier alpha value is -0.650. The van der Waals surface area contributed by atoms with Gasteiger partial charge in [-0.2, -0.15) is 0 Å². The highest BCUT2D eigenvalue weighted by atomic mass is 32.1. The molecule has 5 heteroatoms. The number of aromatic nitrogens is 1. The van der Waals surface area contributed by atoms with Crippen LogP contribution in [0.15, 0.2) is 11.6 Å². The number of hydrogen-bond acceptors (Lipinski definition) is 5. The van der Waals surface area contributed by atoms with Crippen LogP contribution in [0, 0.1) is 5.92 Å². The van der Waals surface area contributed by atoms with Gasteiger partial charge in [0.15, 0.2) is 5.13 Å². The summed E-state index contributed by atoms with van der Waals surface area (Å²) >= 11 is 1.72. The summed E-state index contributed by atoms with van der Waals surface area (Å²) in [6.45, 7) is 9.85. The minimum absolute atomic E-state index is 0.316. The van der Waals surface area contributed by atoms with Crippen LogP contribution in [0.2, 0.25) is 0 Å². The zero-order chi connectivity index (χ0) is 13.0. The molecular formula is C13H24N4S. The number of hydrogen-bond donors (Lipinski definition) is 1. The fraction of sp³-hybridized carbons (Fsp3) is 0.769. The highest BCUT2D eigenvalue weighted by Crippen LogP contribution is 2.19. The summed E-state index contributed by atoms with van der Waals surface area (Å²) in [5.41, 5.74) is 6.17. The van der Waals surface area contributed by atoms with Gasteiger partial charge in [0.1, 0.15) is 0 Å². The third-order valence-electron chi connectivity index (χ3n) is 3.33. The Morgan fingerprint density at radius 2 is 2.06 bits per heavy atom. The largest absolute Gasteiger partial charge is 0.346 e. The van der Waals surface area contributed by atoms with Crippen LogP contribution < -0.4 is 10.6 Å². The van der Waals surface area contributed by atoms with E-state index in [1.54, 1.807) is 11.3 Å². The number of anilines is 1. The third-order valence-corrected chi connectivity index (χ3v) is 4.16. The number of rotatable bonds is 5. The van der Waals surface area contributed by atoms with Gasteiger partial charge in [-0.25, -0.2) is 4.98 Å². The maximum Gasteiger partial charge on any atom is 0.185 e. The Morgan fingerprint density at radius 1 is 1.33 bits per heavy atom. The van der Waals surface area contributed by atoms with Crippen molar-refractivity contribution in [3.63, 3.8) is 0 Å². The summed E-state index contributed by atoms with van der Waals surface area (Å²) < 4.78 is 0. The van der Waals surface area contributed by atoms with E-state index in [1.165, 1.54) is 0 Å². The Bertz CT molecular complexity index is 331. The van der Waals surface area contributed by atoms with E-state index in [-0.39, 0.29) is 0 Å². The lowest BCUT2D eigenvalue weighted by Gasteiger charge is -2.35. The first kappa shape index (κ1) is 13.8. The topological polar surface area (TPSA) is 45.4 Å². The molecule has 1 aromatic rings. The molecule has 4 nitrogen and oxygen atoms in total. The Labute approximate surface area is 114 Å². The molecule has 1 fully saturated rings. The normalized spacial score (nSPS) is 19.4. The molecule has 1 unspecified atom stereocenters. The first-order valence-corrected chi connectivity index (χ1v) is 7.65. The van der Waals surface area contributed by atoms with Crippen LogP contribution in [0.25, 0.3) is 0 Å². The molecule has 2 rings (SSSR count). The van der Waals surface area contributed by atoms with Crippen molar-refractivity contribution in [2.45, 2.75) is 26.3 Å². The van der Waals surface area contributed by atoms with E-state index in [1.807, 2.05) is 11.6 Å². The maximum atomic E-state index is 6.17. The molecule has 0 bridgehead atoms. The Morgan fingerprint density at radius 3 is 2.61 bits per heavy atom. The third kappa shape index (κ3) is 3.93. The zero-order valence-corrected chi connectivity index (χ0v) is 12.2. The summed E-state index contributed by atoms with van der Waals surface area (Å²) in [5, 5.41) is 3.20. The summed E-state index contributed by atoms with van der Waals surface area (Å²) in [4.78, 5) is 9.22. The lowest BCUT2D eigenvalue weighted by molar-refractivity contribution is 0.233. The highest BCUT2D eigenvalue weighted by Gasteiger charge is 2.20. The van der Waals surface area contributed by atoms with Crippen LogP contribution in [0.4, 0.5) is 5.13 Å². The highest BCUT2D eigenvalue weighted by molar-refractivity contribution is 7.13. The molecule has 1 aliphatic rings. The fourth-order valence-corrected chi connectivity index (χ4v) is 3.20. The summed E-state index contributed by atoms with van der Waals surface area (Å²) in [6, 6.07) is 0.316. The second-order valence-electron chi connectivity index (χ2n) is 5.49. The van der Waals surface area contributed by atoms with Gasteiger partial charge in [-0.3, -0.25) is 4.90 Å². The average Bonchev–Trinajstić information content (AvgIpc) is 2.82. The molecular weight excluding hydrogens is 244 g/mol. The fourth-order valence-electron chi connectivity index (χ4n) is 2.51. The van der Waals surface area contributed by atoms with E-state index in [2.05, 4.69) is 28.6 Å². The quantitative estimate of drug-likeness (QED) is 0.882. The number of nitrogens with two attached hydrogens (primary N) is 1. The van der Waals surface area contributed by atoms with Gasteiger partial charge >= 0.3 is 0 Å². The predicted molar refractivity (Wildman–Crippen MR) is 78.2 cm³/mol. The van der Waals surface area contributed by atoms with Crippen molar-refractivity contribution in [1.82, 2.24) is 9.88 Å². The molecule has 0 saturated carbocycles. The van der Waals surface area contributed by atoms with Crippen molar-refractivity contribution in [2.75, 3.05) is 37.6 Å². The minimum Gasteiger partial charge on any atom is -0.346 e. The second kappa shape index (κ2) is 6.50.